The van der Waals surface area contributed by atoms with Gasteiger partial charge in [0.05, 0.1) is 0 Å². The molecule has 3 rings (SSSR count). The van der Waals surface area contributed by atoms with Crippen molar-refractivity contribution in [3.8, 4) is 0 Å². The molecule has 0 radical (unpaired) electrons. The Morgan fingerprint density at radius 2 is 1.95 bits per heavy atom. The Kier molecular flexibility index (Phi) is 3.96. The zero-order chi connectivity index (χ0) is 14.1. The highest BCUT2D eigenvalue weighted by Gasteiger charge is 2.30. The van der Waals surface area contributed by atoms with E-state index >= 15 is 0 Å². The van der Waals surface area contributed by atoms with Gasteiger partial charge < -0.3 is 5.32 Å². The van der Waals surface area contributed by atoms with Crippen LogP contribution in [0.25, 0.3) is 0 Å². The topological polar surface area (TPSA) is 12.0 Å². The average molecular weight is 381 g/mol. The van der Waals surface area contributed by atoms with Crippen molar-refractivity contribution >= 4 is 28.3 Å². The molecule has 2 aromatic rings. The summed E-state index contributed by atoms with van der Waals surface area (Å²) in [7, 11) is 0. The monoisotopic (exact) mass is 381 g/mol. The Labute approximate surface area is 132 Å². The van der Waals surface area contributed by atoms with Crippen molar-refractivity contribution in [1.82, 2.24) is 0 Å². The second kappa shape index (κ2) is 5.72. The first-order chi connectivity index (χ1) is 9.61. The lowest BCUT2D eigenvalue weighted by Crippen LogP contribution is -2.34. The quantitative estimate of drug-likeness (QED) is 0.730. The van der Waals surface area contributed by atoms with E-state index in [4.69, 9.17) is 0 Å². The zero-order valence-electron chi connectivity index (χ0n) is 11.4. The van der Waals surface area contributed by atoms with Crippen molar-refractivity contribution in [2.24, 2.45) is 0 Å². The van der Waals surface area contributed by atoms with Gasteiger partial charge in [0.15, 0.2) is 0 Å². The summed E-state index contributed by atoms with van der Waals surface area (Å²) < 4.78 is 14.0. The van der Waals surface area contributed by atoms with Gasteiger partial charge in [0, 0.05) is 15.3 Å². The van der Waals surface area contributed by atoms with Gasteiger partial charge in [-0.3, -0.25) is 0 Å². The van der Waals surface area contributed by atoms with Crippen LogP contribution in [0.2, 0.25) is 0 Å². The van der Waals surface area contributed by atoms with Gasteiger partial charge in [-0.05, 0) is 72.0 Å². The molecular weight excluding hydrogens is 364 g/mol. The minimum atomic E-state index is -0.175. The molecule has 0 aliphatic heterocycles. The van der Waals surface area contributed by atoms with E-state index in [1.54, 1.807) is 6.07 Å². The molecule has 0 unspecified atom stereocenters. The maximum atomic E-state index is 13.1. The van der Waals surface area contributed by atoms with Crippen LogP contribution in [-0.4, -0.2) is 6.04 Å². The van der Waals surface area contributed by atoms with Gasteiger partial charge >= 0.3 is 0 Å². The number of rotatable bonds is 3. The van der Waals surface area contributed by atoms with Crippen LogP contribution in [0.15, 0.2) is 42.5 Å². The van der Waals surface area contributed by atoms with Crippen LogP contribution in [0.3, 0.4) is 0 Å². The summed E-state index contributed by atoms with van der Waals surface area (Å²) in [6.07, 6.45) is 2.30. The average Bonchev–Trinajstić information content (AvgIpc) is 2.35. The van der Waals surface area contributed by atoms with Gasteiger partial charge in [-0.25, -0.2) is 4.39 Å². The van der Waals surface area contributed by atoms with E-state index in [0.717, 1.165) is 22.1 Å². The van der Waals surface area contributed by atoms with Gasteiger partial charge in [-0.15, -0.1) is 0 Å². The van der Waals surface area contributed by atoms with E-state index in [9.17, 15) is 4.39 Å². The number of halogens is 2. The summed E-state index contributed by atoms with van der Waals surface area (Å²) in [6, 6.07) is 14.2. The molecule has 0 spiro atoms. The van der Waals surface area contributed by atoms with Crippen molar-refractivity contribution in [1.29, 1.82) is 0 Å². The number of aryl methyl sites for hydroxylation is 1. The minimum Gasteiger partial charge on any atom is -0.381 e. The summed E-state index contributed by atoms with van der Waals surface area (Å²) in [6.45, 7) is 2.14. The zero-order valence-corrected chi connectivity index (χ0v) is 13.5. The highest BCUT2D eigenvalue weighted by molar-refractivity contribution is 14.1. The molecule has 20 heavy (non-hydrogen) atoms. The van der Waals surface area contributed by atoms with Crippen LogP contribution >= 0.6 is 22.6 Å². The normalized spacial score (nSPS) is 21.4. The Morgan fingerprint density at radius 1 is 1.15 bits per heavy atom. The third kappa shape index (κ3) is 2.97. The van der Waals surface area contributed by atoms with E-state index in [1.165, 1.54) is 17.2 Å². The molecule has 0 atom stereocenters. The second-order valence-corrected chi connectivity index (χ2v) is 6.71. The first-order valence-electron chi connectivity index (χ1n) is 6.90. The van der Waals surface area contributed by atoms with Gasteiger partial charge in [0.2, 0.25) is 0 Å². The number of hydrogen-bond donors (Lipinski definition) is 1. The lowest BCUT2D eigenvalue weighted by molar-refractivity contribution is 0.374. The van der Waals surface area contributed by atoms with Crippen molar-refractivity contribution in [2.45, 2.75) is 31.7 Å². The van der Waals surface area contributed by atoms with Crippen molar-refractivity contribution in [2.75, 3.05) is 5.32 Å². The predicted octanol–water partition coefficient (Wildman–Crippen LogP) is 5.10. The number of anilines is 1. The predicted molar refractivity (Wildman–Crippen MR) is 89.7 cm³/mol. The van der Waals surface area contributed by atoms with Gasteiger partial charge in [-0.1, -0.05) is 29.8 Å². The molecule has 0 aromatic heterocycles. The third-order valence-corrected chi connectivity index (χ3v) is 4.83. The van der Waals surface area contributed by atoms with Crippen LogP contribution in [-0.2, 0) is 0 Å². The minimum absolute atomic E-state index is 0.175. The summed E-state index contributed by atoms with van der Waals surface area (Å²) in [5.41, 5.74) is 3.81. The standard InChI is InChI=1S/C17H17FIN/c1-11-3-2-4-12(7-11)13-8-15(9-13)20-17-6-5-14(18)10-16(17)19/h2-7,10,13,15,20H,8-9H2,1H3. The lowest BCUT2D eigenvalue weighted by atomic mass is 9.75. The lowest BCUT2D eigenvalue weighted by Gasteiger charge is -2.37. The number of hydrogen-bond acceptors (Lipinski definition) is 1. The fourth-order valence-electron chi connectivity index (χ4n) is 2.76. The maximum Gasteiger partial charge on any atom is 0.124 e. The molecule has 0 saturated heterocycles. The SMILES string of the molecule is Cc1cccc(C2CC(Nc3ccc(F)cc3I)C2)c1. The summed E-state index contributed by atoms with van der Waals surface area (Å²) in [5.74, 6) is 0.483. The Balaban J connectivity index is 1.61. The maximum absolute atomic E-state index is 13.1. The van der Waals surface area contributed by atoms with E-state index in [2.05, 4.69) is 59.1 Å². The van der Waals surface area contributed by atoms with Gasteiger partial charge in [-0.2, -0.15) is 0 Å². The molecule has 1 aliphatic carbocycles. The first kappa shape index (κ1) is 13.9. The van der Waals surface area contributed by atoms with Crippen molar-refractivity contribution in [3.63, 3.8) is 0 Å². The van der Waals surface area contributed by atoms with Crippen LogP contribution in [0.1, 0.15) is 29.9 Å². The van der Waals surface area contributed by atoms with Crippen LogP contribution in [0.4, 0.5) is 10.1 Å². The molecule has 0 bridgehead atoms. The molecule has 2 aromatic carbocycles. The number of nitrogens with one attached hydrogen (secondary N) is 1. The fourth-order valence-corrected chi connectivity index (χ4v) is 3.39. The largest absolute Gasteiger partial charge is 0.381 e. The molecule has 1 fully saturated rings. The van der Waals surface area contributed by atoms with Crippen molar-refractivity contribution in [3.05, 3.63) is 63.0 Å². The Bertz CT molecular complexity index is 620. The smallest absolute Gasteiger partial charge is 0.124 e. The summed E-state index contributed by atoms with van der Waals surface area (Å²) in [4.78, 5) is 0. The summed E-state index contributed by atoms with van der Waals surface area (Å²) in [5, 5.41) is 3.51. The molecule has 1 nitrogen and oxygen atoms in total. The molecule has 0 amide bonds. The highest BCUT2D eigenvalue weighted by atomic mass is 127. The van der Waals surface area contributed by atoms with Crippen LogP contribution in [0, 0.1) is 16.3 Å². The molecule has 1 aliphatic rings. The number of benzene rings is 2. The summed E-state index contributed by atoms with van der Waals surface area (Å²) >= 11 is 2.18. The molecule has 3 heteroatoms. The first-order valence-corrected chi connectivity index (χ1v) is 7.98. The molecular formula is C17H17FIN. The van der Waals surface area contributed by atoms with Gasteiger partial charge in [0.25, 0.3) is 0 Å². The van der Waals surface area contributed by atoms with E-state index in [0.29, 0.717) is 12.0 Å². The Morgan fingerprint density at radius 3 is 2.65 bits per heavy atom. The molecule has 1 N–H and O–H groups in total. The van der Waals surface area contributed by atoms with Crippen LogP contribution in [0.5, 0.6) is 0 Å². The van der Waals surface area contributed by atoms with Gasteiger partial charge in [0.1, 0.15) is 5.82 Å². The molecule has 1 saturated carbocycles. The molecule has 104 valence electrons. The highest BCUT2D eigenvalue weighted by Crippen LogP contribution is 2.39. The fraction of sp³-hybridized carbons (Fsp3) is 0.294. The third-order valence-electron chi connectivity index (χ3n) is 3.94. The van der Waals surface area contributed by atoms with E-state index < -0.39 is 0 Å². The Hall–Kier alpha value is -1.10. The second-order valence-electron chi connectivity index (χ2n) is 5.55. The van der Waals surface area contributed by atoms with E-state index in [-0.39, 0.29) is 5.82 Å². The van der Waals surface area contributed by atoms with E-state index in [1.807, 2.05) is 6.07 Å². The molecule has 0 heterocycles. The van der Waals surface area contributed by atoms with Crippen LogP contribution < -0.4 is 5.32 Å². The van der Waals surface area contributed by atoms with Crippen molar-refractivity contribution < 1.29 is 4.39 Å².